The molecule has 0 saturated heterocycles. The molecule has 25 heavy (non-hydrogen) atoms. The van der Waals surface area contributed by atoms with Crippen molar-refractivity contribution in [3.8, 4) is 11.8 Å². The van der Waals surface area contributed by atoms with Gasteiger partial charge in [0.2, 0.25) is 0 Å². The lowest BCUT2D eigenvalue weighted by Crippen LogP contribution is -2.06. The number of nitro benzene ring substituents is 1. The lowest BCUT2D eigenvalue weighted by atomic mass is 10.2. The number of ether oxygens (including phenoxy) is 1. The maximum atomic E-state index is 12.4. The van der Waals surface area contributed by atoms with Gasteiger partial charge in [0.05, 0.1) is 17.8 Å². The van der Waals surface area contributed by atoms with E-state index < -0.39 is 19.7 Å². The number of nitro groups is 1. The van der Waals surface area contributed by atoms with Gasteiger partial charge in [-0.15, -0.1) is 0 Å². The van der Waals surface area contributed by atoms with Crippen LogP contribution in [0.2, 0.25) is 0 Å². The minimum Gasteiger partial charge on any atom is -0.497 e. The van der Waals surface area contributed by atoms with Crippen LogP contribution in [0.15, 0.2) is 53.4 Å². The molecule has 0 bridgehead atoms. The fourth-order valence-corrected chi connectivity index (χ4v) is 3.30. The molecule has 0 aliphatic rings. The number of nitriles is 1. The number of allylic oxidation sites excluding steroid dienone is 1. The van der Waals surface area contributed by atoms with E-state index in [-0.39, 0.29) is 11.4 Å². The smallest absolute Gasteiger partial charge is 0.269 e. The van der Waals surface area contributed by atoms with Crippen molar-refractivity contribution in [1.82, 2.24) is 0 Å². The Bertz CT molecular complexity index is 940. The summed E-state index contributed by atoms with van der Waals surface area (Å²) >= 11 is 0. The summed E-state index contributed by atoms with van der Waals surface area (Å²) < 4.78 is 29.9. The lowest BCUT2D eigenvalue weighted by Gasteiger charge is -2.05. The normalized spacial score (nSPS) is 11.6. The van der Waals surface area contributed by atoms with Gasteiger partial charge in [0.15, 0.2) is 9.84 Å². The van der Waals surface area contributed by atoms with Gasteiger partial charge in [-0.1, -0.05) is 12.1 Å². The monoisotopic (exact) mass is 358 g/mol. The number of benzene rings is 2. The van der Waals surface area contributed by atoms with Gasteiger partial charge in [-0.05, 0) is 41.5 Å². The van der Waals surface area contributed by atoms with Gasteiger partial charge in [-0.25, -0.2) is 8.42 Å². The van der Waals surface area contributed by atoms with E-state index in [1.54, 1.807) is 30.3 Å². The topological polar surface area (TPSA) is 110 Å². The number of hydrogen-bond acceptors (Lipinski definition) is 6. The first-order valence-electron chi connectivity index (χ1n) is 7.07. The zero-order valence-electron chi connectivity index (χ0n) is 13.2. The molecular weight excluding hydrogens is 344 g/mol. The Labute approximate surface area is 144 Å². The number of nitrogens with zero attached hydrogens (tertiary/aromatic N) is 2. The molecule has 8 heteroatoms. The van der Waals surface area contributed by atoms with E-state index in [2.05, 4.69) is 0 Å². The maximum absolute atomic E-state index is 12.4. The summed E-state index contributed by atoms with van der Waals surface area (Å²) in [5.74, 6) is 0.270. The van der Waals surface area contributed by atoms with Crippen molar-refractivity contribution < 1.29 is 18.1 Å². The minimum absolute atomic E-state index is 0.114. The SMILES string of the molecule is COc1ccc(CS(=O)(=O)C(C#N)=Cc2ccc([N+](=O)[O-])cc2)cc1. The molecule has 0 amide bonds. The minimum atomic E-state index is -3.84. The molecule has 0 aliphatic heterocycles. The van der Waals surface area contributed by atoms with Gasteiger partial charge >= 0.3 is 0 Å². The number of non-ortho nitro benzene ring substituents is 1. The molecule has 2 aromatic rings. The van der Waals surface area contributed by atoms with E-state index in [1.807, 2.05) is 0 Å². The van der Waals surface area contributed by atoms with Crippen LogP contribution in [0.4, 0.5) is 5.69 Å². The standard InChI is InChI=1S/C17H14N2O5S/c1-24-16-8-4-14(5-9-16)12-25(22,23)17(11-18)10-13-2-6-15(7-3-13)19(20)21/h2-10H,12H2,1H3. The highest BCUT2D eigenvalue weighted by Crippen LogP contribution is 2.20. The molecule has 0 radical (unpaired) electrons. The molecule has 0 heterocycles. The van der Waals surface area contributed by atoms with Crippen molar-refractivity contribution in [3.05, 3.63) is 74.7 Å². The summed E-state index contributed by atoms with van der Waals surface area (Å²) in [6, 6.07) is 13.4. The average molecular weight is 358 g/mol. The van der Waals surface area contributed by atoms with Gasteiger partial charge in [-0.3, -0.25) is 10.1 Å². The average Bonchev–Trinajstić information content (AvgIpc) is 2.60. The molecule has 0 spiro atoms. The van der Waals surface area contributed by atoms with Crippen molar-refractivity contribution in [3.63, 3.8) is 0 Å². The van der Waals surface area contributed by atoms with Crippen LogP contribution in [0, 0.1) is 21.4 Å². The summed E-state index contributed by atoms with van der Waals surface area (Å²) in [6.45, 7) is 0. The summed E-state index contributed by atoms with van der Waals surface area (Å²) in [5.41, 5.74) is 0.794. The molecule has 2 rings (SSSR count). The van der Waals surface area contributed by atoms with Crippen LogP contribution in [0.1, 0.15) is 11.1 Å². The van der Waals surface area contributed by atoms with Crippen molar-refractivity contribution in [2.24, 2.45) is 0 Å². The van der Waals surface area contributed by atoms with Crippen molar-refractivity contribution in [2.75, 3.05) is 7.11 Å². The zero-order chi connectivity index (χ0) is 18.4. The van der Waals surface area contributed by atoms with Crippen molar-refractivity contribution >= 4 is 21.6 Å². The quantitative estimate of drug-likeness (QED) is 0.446. The molecule has 0 saturated carbocycles. The molecule has 0 atom stereocenters. The number of sulfone groups is 1. The summed E-state index contributed by atoms with van der Waals surface area (Å²) in [5, 5.41) is 19.8. The van der Waals surface area contributed by atoms with Crippen LogP contribution in [0.5, 0.6) is 5.75 Å². The lowest BCUT2D eigenvalue weighted by molar-refractivity contribution is -0.384. The van der Waals surface area contributed by atoms with Crippen molar-refractivity contribution in [2.45, 2.75) is 5.75 Å². The van der Waals surface area contributed by atoms with E-state index in [4.69, 9.17) is 4.74 Å². The van der Waals surface area contributed by atoms with Crippen LogP contribution >= 0.6 is 0 Å². The highest BCUT2D eigenvalue weighted by Gasteiger charge is 2.19. The second kappa shape index (κ2) is 7.59. The van der Waals surface area contributed by atoms with E-state index in [9.17, 15) is 23.8 Å². The first-order valence-corrected chi connectivity index (χ1v) is 8.73. The number of methoxy groups -OCH3 is 1. The van der Waals surface area contributed by atoms with Crippen LogP contribution < -0.4 is 4.74 Å². The Morgan fingerprint density at radius 2 is 1.80 bits per heavy atom. The van der Waals surface area contributed by atoms with Gasteiger partial charge in [0.1, 0.15) is 16.7 Å². The third kappa shape index (κ3) is 4.65. The van der Waals surface area contributed by atoms with Gasteiger partial charge < -0.3 is 4.74 Å². The Kier molecular flexibility index (Phi) is 5.52. The maximum Gasteiger partial charge on any atom is 0.269 e. The van der Waals surface area contributed by atoms with Crippen LogP contribution in [-0.4, -0.2) is 20.5 Å². The van der Waals surface area contributed by atoms with Crippen molar-refractivity contribution in [1.29, 1.82) is 5.26 Å². The van der Waals surface area contributed by atoms with Crippen LogP contribution in [0.25, 0.3) is 6.08 Å². The Morgan fingerprint density at radius 1 is 1.20 bits per heavy atom. The van der Waals surface area contributed by atoms with E-state index in [1.165, 1.54) is 37.5 Å². The first kappa shape index (κ1) is 18.2. The molecule has 7 nitrogen and oxygen atoms in total. The Hall–Kier alpha value is -3.18. The summed E-state index contributed by atoms with van der Waals surface area (Å²) in [4.78, 5) is 9.67. The van der Waals surface area contributed by atoms with Crippen LogP contribution in [-0.2, 0) is 15.6 Å². The summed E-state index contributed by atoms with van der Waals surface area (Å²) in [6.07, 6.45) is 1.20. The fraction of sp³-hybridized carbons (Fsp3) is 0.118. The van der Waals surface area contributed by atoms with Gasteiger partial charge in [-0.2, -0.15) is 5.26 Å². The fourth-order valence-electron chi connectivity index (χ4n) is 2.05. The Balaban J connectivity index is 2.27. The largest absolute Gasteiger partial charge is 0.497 e. The first-order chi connectivity index (χ1) is 11.9. The molecule has 128 valence electrons. The molecule has 0 aromatic heterocycles. The highest BCUT2D eigenvalue weighted by molar-refractivity contribution is 7.95. The van der Waals surface area contributed by atoms with Gasteiger partial charge in [0, 0.05) is 12.1 Å². The highest BCUT2D eigenvalue weighted by atomic mass is 32.2. The van der Waals surface area contributed by atoms with Gasteiger partial charge in [0.25, 0.3) is 5.69 Å². The Morgan fingerprint density at radius 3 is 2.28 bits per heavy atom. The van der Waals surface area contributed by atoms with E-state index >= 15 is 0 Å². The predicted octanol–water partition coefficient (Wildman–Crippen LogP) is 3.08. The predicted molar refractivity (Wildman–Crippen MR) is 92.3 cm³/mol. The molecular formula is C17H14N2O5S. The third-order valence-corrected chi connectivity index (χ3v) is 4.96. The third-order valence-electron chi connectivity index (χ3n) is 3.36. The second-order valence-corrected chi connectivity index (χ2v) is 7.03. The number of hydrogen-bond donors (Lipinski definition) is 0. The summed E-state index contributed by atoms with van der Waals surface area (Å²) in [7, 11) is -2.34. The molecule has 0 aliphatic carbocycles. The zero-order valence-corrected chi connectivity index (χ0v) is 14.1. The van der Waals surface area contributed by atoms with E-state index in [0.29, 0.717) is 16.9 Å². The molecule has 2 aromatic carbocycles. The molecule has 0 fully saturated rings. The molecule has 0 unspecified atom stereocenters. The molecule has 0 N–H and O–H groups in total. The number of rotatable bonds is 6. The van der Waals surface area contributed by atoms with E-state index in [0.717, 1.165) is 0 Å². The second-order valence-electron chi connectivity index (χ2n) is 5.08. The van der Waals surface area contributed by atoms with Crippen LogP contribution in [0.3, 0.4) is 0 Å².